The van der Waals surface area contributed by atoms with Crippen LogP contribution >= 0.6 is 0 Å². The second-order valence-corrected chi connectivity index (χ2v) is 6.15. The summed E-state index contributed by atoms with van der Waals surface area (Å²) in [5, 5.41) is 0. The van der Waals surface area contributed by atoms with Gasteiger partial charge in [0.15, 0.2) is 0 Å². The third kappa shape index (κ3) is 2.96. The molecule has 2 aromatic carbocycles. The molecule has 20 heavy (non-hydrogen) atoms. The van der Waals surface area contributed by atoms with Crippen molar-refractivity contribution in [2.24, 2.45) is 0 Å². The summed E-state index contributed by atoms with van der Waals surface area (Å²) >= 11 is 0. The molecule has 1 N–H and O–H groups in total. The lowest BCUT2D eigenvalue weighted by molar-refractivity contribution is 0.592. The summed E-state index contributed by atoms with van der Waals surface area (Å²) in [4.78, 5) is -0.210. The van der Waals surface area contributed by atoms with Crippen molar-refractivity contribution in [3.63, 3.8) is 0 Å². The van der Waals surface area contributed by atoms with Crippen LogP contribution in [0.4, 0.5) is 14.5 Å². The summed E-state index contributed by atoms with van der Waals surface area (Å²) in [6.45, 7) is 3.26. The van der Waals surface area contributed by atoms with Crippen LogP contribution in [0, 0.1) is 25.5 Å². The standard InChI is InChI=1S/C14H13F2NO2S/c1-9-3-6-12(16)13(7-9)17-20(18,19)14-8-11(15)5-4-10(14)2/h3-8,17H,1-2H3. The molecule has 0 saturated carbocycles. The van der Waals surface area contributed by atoms with E-state index < -0.39 is 21.7 Å². The van der Waals surface area contributed by atoms with Gasteiger partial charge >= 0.3 is 0 Å². The number of halogens is 2. The third-order valence-corrected chi connectivity index (χ3v) is 4.31. The molecule has 0 amide bonds. The van der Waals surface area contributed by atoms with Crippen molar-refractivity contribution in [2.45, 2.75) is 18.7 Å². The van der Waals surface area contributed by atoms with Gasteiger partial charge in [-0.15, -0.1) is 0 Å². The lowest BCUT2D eigenvalue weighted by Gasteiger charge is -2.11. The highest BCUT2D eigenvalue weighted by Crippen LogP contribution is 2.23. The van der Waals surface area contributed by atoms with Crippen LogP contribution in [0.3, 0.4) is 0 Å². The first-order chi connectivity index (χ1) is 9.29. The van der Waals surface area contributed by atoms with Crippen molar-refractivity contribution in [2.75, 3.05) is 4.72 Å². The zero-order valence-corrected chi connectivity index (χ0v) is 11.8. The van der Waals surface area contributed by atoms with E-state index >= 15 is 0 Å². The Hall–Kier alpha value is -1.95. The molecule has 0 aromatic heterocycles. The molecule has 0 unspecified atom stereocenters. The molecule has 0 spiro atoms. The fraction of sp³-hybridized carbons (Fsp3) is 0.143. The first-order valence-corrected chi connectivity index (χ1v) is 7.33. The van der Waals surface area contributed by atoms with Crippen LogP contribution < -0.4 is 4.72 Å². The minimum atomic E-state index is -4.04. The van der Waals surface area contributed by atoms with E-state index in [0.717, 1.165) is 6.07 Å². The lowest BCUT2D eigenvalue weighted by atomic mass is 10.2. The van der Waals surface area contributed by atoms with Crippen molar-refractivity contribution in [1.29, 1.82) is 0 Å². The van der Waals surface area contributed by atoms with Gasteiger partial charge in [0, 0.05) is 0 Å². The van der Waals surface area contributed by atoms with Crippen LogP contribution in [0.5, 0.6) is 0 Å². The Bertz CT molecular complexity index is 758. The summed E-state index contributed by atoms with van der Waals surface area (Å²) in [6, 6.07) is 7.51. The maximum atomic E-state index is 13.6. The minimum Gasteiger partial charge on any atom is -0.277 e. The number of hydrogen-bond acceptors (Lipinski definition) is 2. The number of hydrogen-bond donors (Lipinski definition) is 1. The van der Waals surface area contributed by atoms with Gasteiger partial charge in [0.25, 0.3) is 10.0 Å². The molecular formula is C14H13F2NO2S. The predicted molar refractivity (Wildman–Crippen MR) is 73.1 cm³/mol. The quantitative estimate of drug-likeness (QED) is 0.944. The smallest absolute Gasteiger partial charge is 0.262 e. The molecule has 0 bridgehead atoms. The Morgan fingerprint density at radius 3 is 2.40 bits per heavy atom. The van der Waals surface area contributed by atoms with Crippen LogP contribution in [-0.4, -0.2) is 8.42 Å². The Kier molecular flexibility index (Phi) is 3.76. The van der Waals surface area contributed by atoms with E-state index in [9.17, 15) is 17.2 Å². The van der Waals surface area contributed by atoms with Crippen LogP contribution in [0.25, 0.3) is 0 Å². The fourth-order valence-electron chi connectivity index (χ4n) is 1.78. The van der Waals surface area contributed by atoms with E-state index in [2.05, 4.69) is 4.72 Å². The zero-order chi connectivity index (χ0) is 14.9. The summed E-state index contributed by atoms with van der Waals surface area (Å²) < 4.78 is 53.3. The van der Waals surface area contributed by atoms with E-state index in [1.807, 2.05) is 0 Å². The molecule has 0 radical (unpaired) electrons. The van der Waals surface area contributed by atoms with Gasteiger partial charge in [-0.1, -0.05) is 12.1 Å². The Morgan fingerprint density at radius 2 is 1.70 bits per heavy atom. The van der Waals surface area contributed by atoms with E-state index in [0.29, 0.717) is 11.1 Å². The molecule has 0 aliphatic carbocycles. The average molecular weight is 297 g/mol. The first kappa shape index (κ1) is 14.5. The second-order valence-electron chi connectivity index (χ2n) is 4.50. The van der Waals surface area contributed by atoms with Crippen molar-refractivity contribution in [1.82, 2.24) is 0 Å². The van der Waals surface area contributed by atoms with Gasteiger partial charge in [0.05, 0.1) is 10.6 Å². The Balaban J connectivity index is 2.46. The summed E-state index contributed by atoms with van der Waals surface area (Å²) in [6.07, 6.45) is 0. The van der Waals surface area contributed by atoms with Crippen LogP contribution in [0.15, 0.2) is 41.3 Å². The molecule has 3 nitrogen and oxygen atoms in total. The van der Waals surface area contributed by atoms with Gasteiger partial charge in [-0.3, -0.25) is 4.72 Å². The molecular weight excluding hydrogens is 284 g/mol. The van der Waals surface area contributed by atoms with Gasteiger partial charge in [-0.25, -0.2) is 17.2 Å². The number of rotatable bonds is 3. The highest BCUT2D eigenvalue weighted by molar-refractivity contribution is 7.92. The Morgan fingerprint density at radius 1 is 1.00 bits per heavy atom. The summed E-state index contributed by atoms with van der Waals surface area (Å²) in [5.74, 6) is -1.35. The van der Waals surface area contributed by atoms with Crippen molar-refractivity contribution >= 4 is 15.7 Å². The number of benzene rings is 2. The topological polar surface area (TPSA) is 46.2 Å². The minimum absolute atomic E-state index is 0.159. The van der Waals surface area contributed by atoms with Crippen LogP contribution in [-0.2, 0) is 10.0 Å². The molecule has 106 valence electrons. The molecule has 0 aliphatic heterocycles. The number of nitrogens with one attached hydrogen (secondary N) is 1. The first-order valence-electron chi connectivity index (χ1n) is 5.85. The van der Waals surface area contributed by atoms with Crippen molar-refractivity contribution in [3.05, 3.63) is 59.2 Å². The maximum absolute atomic E-state index is 13.6. The number of sulfonamides is 1. The molecule has 0 saturated heterocycles. The average Bonchev–Trinajstić information content (AvgIpc) is 2.36. The maximum Gasteiger partial charge on any atom is 0.262 e. The molecule has 2 rings (SSSR count). The fourth-order valence-corrected chi connectivity index (χ4v) is 3.10. The molecule has 0 atom stereocenters. The normalized spacial score (nSPS) is 11.4. The third-order valence-electron chi connectivity index (χ3n) is 2.81. The van der Waals surface area contributed by atoms with Gasteiger partial charge in [0.1, 0.15) is 11.6 Å². The lowest BCUT2D eigenvalue weighted by Crippen LogP contribution is -2.15. The van der Waals surface area contributed by atoms with Gasteiger partial charge in [0.2, 0.25) is 0 Å². The zero-order valence-electron chi connectivity index (χ0n) is 10.9. The van der Waals surface area contributed by atoms with Gasteiger partial charge in [-0.05, 0) is 49.2 Å². The molecule has 0 heterocycles. The Labute approximate surface area is 116 Å². The SMILES string of the molecule is Cc1ccc(F)c(NS(=O)(=O)c2cc(F)ccc2C)c1. The van der Waals surface area contributed by atoms with E-state index in [-0.39, 0.29) is 10.6 Å². The van der Waals surface area contributed by atoms with Crippen LogP contribution in [0.2, 0.25) is 0 Å². The van der Waals surface area contributed by atoms with Crippen molar-refractivity contribution < 1.29 is 17.2 Å². The van der Waals surface area contributed by atoms with E-state index in [4.69, 9.17) is 0 Å². The van der Waals surface area contributed by atoms with Crippen molar-refractivity contribution in [3.8, 4) is 0 Å². The molecule has 2 aromatic rings. The largest absolute Gasteiger partial charge is 0.277 e. The highest BCUT2D eigenvalue weighted by atomic mass is 32.2. The summed E-state index contributed by atoms with van der Waals surface area (Å²) in [5.41, 5.74) is 0.931. The summed E-state index contributed by atoms with van der Waals surface area (Å²) in [7, 11) is -4.04. The predicted octanol–water partition coefficient (Wildman–Crippen LogP) is 3.38. The monoisotopic (exact) mass is 297 g/mol. The van der Waals surface area contributed by atoms with Crippen LogP contribution in [0.1, 0.15) is 11.1 Å². The second kappa shape index (κ2) is 5.20. The highest BCUT2D eigenvalue weighted by Gasteiger charge is 2.19. The van der Waals surface area contributed by atoms with E-state index in [1.54, 1.807) is 13.8 Å². The van der Waals surface area contributed by atoms with Gasteiger partial charge in [-0.2, -0.15) is 0 Å². The molecule has 6 heteroatoms. The van der Waals surface area contributed by atoms with E-state index in [1.165, 1.54) is 30.3 Å². The number of anilines is 1. The molecule has 0 aliphatic rings. The van der Waals surface area contributed by atoms with Gasteiger partial charge < -0.3 is 0 Å². The molecule has 0 fully saturated rings. The number of aryl methyl sites for hydroxylation is 2.